The van der Waals surface area contributed by atoms with Crippen molar-refractivity contribution in [2.24, 2.45) is 0 Å². The first-order valence-corrected chi connectivity index (χ1v) is 15.4. The van der Waals surface area contributed by atoms with Gasteiger partial charge in [-0.3, -0.25) is 0 Å². The normalized spacial score (nSPS) is 12.8. The fourth-order valence-corrected chi connectivity index (χ4v) is 6.81. The third-order valence-corrected chi connectivity index (χ3v) is 8.93. The smallest absolute Gasteiger partial charge is 0.164 e. The van der Waals surface area contributed by atoms with E-state index in [1.165, 1.54) is 38.9 Å². The van der Waals surface area contributed by atoms with E-state index in [4.69, 9.17) is 15.0 Å². The molecular weight excluding hydrogens is 546 g/mol. The number of nitrogens with zero attached hydrogens (tertiary/aromatic N) is 3. The summed E-state index contributed by atoms with van der Waals surface area (Å²) >= 11 is 0. The van der Waals surface area contributed by atoms with Crippen LogP contribution in [0.25, 0.3) is 67.5 Å². The van der Waals surface area contributed by atoms with Gasteiger partial charge in [0, 0.05) is 22.1 Å². The lowest BCUT2D eigenvalue weighted by Gasteiger charge is -2.25. The molecule has 0 radical (unpaired) electrons. The molecule has 0 bridgehead atoms. The summed E-state index contributed by atoms with van der Waals surface area (Å²) in [6.45, 7) is 4.69. The highest BCUT2D eigenvalue weighted by Crippen LogP contribution is 2.52. The van der Waals surface area contributed by atoms with Crippen LogP contribution in [0.3, 0.4) is 0 Å². The first-order chi connectivity index (χ1) is 22.1. The maximum absolute atomic E-state index is 4.98. The SMILES string of the molecule is CC1(C)c2ccccc2-c2cccc(-c3ccccc3-c3cccc(-c4nc(-c5ccccc5)nc(-c5ccccc5)n4)c3)c21. The number of hydrogen-bond donors (Lipinski definition) is 0. The molecule has 1 aliphatic rings. The molecule has 1 aromatic heterocycles. The Morgan fingerprint density at radius 3 is 1.42 bits per heavy atom. The standard InChI is InChI=1S/C42H31N3/c1-42(2)37-26-12-11-23-34(37)36-25-14-24-35(38(36)42)33-22-10-9-21-32(33)30-19-13-20-31(27-30)41-44-39(28-15-5-3-6-16-28)43-40(45-41)29-17-7-4-8-18-29/h3-27H,1-2H3. The lowest BCUT2D eigenvalue weighted by atomic mass is 9.78. The largest absolute Gasteiger partial charge is 0.208 e. The van der Waals surface area contributed by atoms with Gasteiger partial charge in [0.25, 0.3) is 0 Å². The molecule has 0 amide bonds. The van der Waals surface area contributed by atoms with Crippen molar-refractivity contribution >= 4 is 0 Å². The zero-order valence-corrected chi connectivity index (χ0v) is 25.3. The van der Waals surface area contributed by atoms with Gasteiger partial charge >= 0.3 is 0 Å². The van der Waals surface area contributed by atoms with Gasteiger partial charge in [-0.25, -0.2) is 15.0 Å². The van der Waals surface area contributed by atoms with Crippen molar-refractivity contribution in [3.63, 3.8) is 0 Å². The zero-order valence-electron chi connectivity index (χ0n) is 25.3. The molecule has 8 rings (SSSR count). The Kier molecular flexibility index (Phi) is 6.46. The Morgan fingerprint density at radius 1 is 0.356 bits per heavy atom. The van der Waals surface area contributed by atoms with E-state index < -0.39 is 0 Å². The lowest BCUT2D eigenvalue weighted by Crippen LogP contribution is -2.16. The Hall–Kier alpha value is -5.67. The molecule has 45 heavy (non-hydrogen) atoms. The monoisotopic (exact) mass is 577 g/mol. The van der Waals surface area contributed by atoms with Gasteiger partial charge in [0.15, 0.2) is 17.5 Å². The number of aromatic nitrogens is 3. The van der Waals surface area contributed by atoms with Crippen molar-refractivity contribution < 1.29 is 0 Å². The Bertz CT molecular complexity index is 2130. The third-order valence-electron chi connectivity index (χ3n) is 8.93. The van der Waals surface area contributed by atoms with Crippen LogP contribution in [0.5, 0.6) is 0 Å². The number of hydrogen-bond acceptors (Lipinski definition) is 3. The fraction of sp³-hybridized carbons (Fsp3) is 0.0714. The van der Waals surface area contributed by atoms with E-state index >= 15 is 0 Å². The first-order valence-electron chi connectivity index (χ1n) is 15.4. The molecule has 3 heteroatoms. The van der Waals surface area contributed by atoms with Crippen molar-refractivity contribution in [3.05, 3.63) is 163 Å². The molecule has 0 fully saturated rings. The minimum atomic E-state index is -0.107. The van der Waals surface area contributed by atoms with Crippen LogP contribution in [-0.4, -0.2) is 15.0 Å². The summed E-state index contributed by atoms with van der Waals surface area (Å²) in [5.74, 6) is 1.97. The second kappa shape index (κ2) is 10.8. The maximum Gasteiger partial charge on any atom is 0.164 e. The summed E-state index contributed by atoms with van der Waals surface area (Å²) in [4.78, 5) is 14.8. The second-order valence-electron chi connectivity index (χ2n) is 12.1. The summed E-state index contributed by atoms with van der Waals surface area (Å²) in [6.07, 6.45) is 0. The van der Waals surface area contributed by atoms with Crippen molar-refractivity contribution in [2.45, 2.75) is 19.3 Å². The summed E-state index contributed by atoms with van der Waals surface area (Å²) in [5, 5.41) is 0. The number of fused-ring (bicyclic) bond motifs is 3. The Balaban J connectivity index is 1.27. The van der Waals surface area contributed by atoms with E-state index in [-0.39, 0.29) is 5.41 Å². The van der Waals surface area contributed by atoms with E-state index in [0.717, 1.165) is 22.3 Å². The Morgan fingerprint density at radius 2 is 0.778 bits per heavy atom. The molecule has 0 N–H and O–H groups in total. The average molecular weight is 578 g/mol. The summed E-state index contributed by atoms with van der Waals surface area (Å²) in [7, 11) is 0. The molecule has 1 aliphatic carbocycles. The van der Waals surface area contributed by atoms with E-state index in [9.17, 15) is 0 Å². The van der Waals surface area contributed by atoms with Crippen molar-refractivity contribution in [3.8, 4) is 67.5 Å². The molecule has 3 nitrogen and oxygen atoms in total. The third kappa shape index (κ3) is 4.65. The molecule has 214 valence electrons. The van der Waals surface area contributed by atoms with Crippen LogP contribution in [0.15, 0.2) is 152 Å². The highest BCUT2D eigenvalue weighted by molar-refractivity contribution is 5.93. The van der Waals surface area contributed by atoms with Crippen LogP contribution in [0, 0.1) is 0 Å². The van der Waals surface area contributed by atoms with Crippen LogP contribution in [-0.2, 0) is 5.41 Å². The van der Waals surface area contributed by atoms with Crippen molar-refractivity contribution in [1.29, 1.82) is 0 Å². The minimum absolute atomic E-state index is 0.107. The van der Waals surface area contributed by atoms with Gasteiger partial charge in [0.05, 0.1) is 0 Å². The maximum atomic E-state index is 4.98. The van der Waals surface area contributed by atoms with Gasteiger partial charge in [0.2, 0.25) is 0 Å². The van der Waals surface area contributed by atoms with Gasteiger partial charge in [-0.05, 0) is 50.6 Å². The van der Waals surface area contributed by atoms with Crippen molar-refractivity contribution in [1.82, 2.24) is 15.0 Å². The lowest BCUT2D eigenvalue weighted by molar-refractivity contribution is 0.662. The molecule has 6 aromatic carbocycles. The second-order valence-corrected chi connectivity index (χ2v) is 12.1. The fourth-order valence-electron chi connectivity index (χ4n) is 6.81. The van der Waals surface area contributed by atoms with E-state index in [2.05, 4.69) is 105 Å². The highest BCUT2D eigenvalue weighted by atomic mass is 15.0. The summed E-state index contributed by atoms with van der Waals surface area (Å²) < 4.78 is 0. The van der Waals surface area contributed by atoms with Gasteiger partial charge in [-0.15, -0.1) is 0 Å². The van der Waals surface area contributed by atoms with Gasteiger partial charge < -0.3 is 0 Å². The molecule has 7 aromatic rings. The molecule has 0 saturated heterocycles. The first kappa shape index (κ1) is 26.9. The molecule has 1 heterocycles. The molecule has 0 spiro atoms. The Labute approximate surface area is 264 Å². The van der Waals surface area contributed by atoms with Crippen molar-refractivity contribution in [2.75, 3.05) is 0 Å². The zero-order chi connectivity index (χ0) is 30.4. The predicted octanol–water partition coefficient (Wildman–Crippen LogP) is 10.5. The van der Waals surface area contributed by atoms with Gasteiger partial charge in [-0.1, -0.05) is 159 Å². The van der Waals surface area contributed by atoms with E-state index in [0.29, 0.717) is 17.5 Å². The number of rotatable bonds is 5. The van der Waals surface area contributed by atoms with Crippen LogP contribution < -0.4 is 0 Å². The molecular formula is C42H31N3. The molecule has 0 aliphatic heterocycles. The number of benzene rings is 6. The predicted molar refractivity (Wildman–Crippen MR) is 185 cm³/mol. The van der Waals surface area contributed by atoms with Gasteiger partial charge in [-0.2, -0.15) is 0 Å². The minimum Gasteiger partial charge on any atom is -0.208 e. The van der Waals surface area contributed by atoms with E-state index in [1.54, 1.807) is 0 Å². The van der Waals surface area contributed by atoms with E-state index in [1.807, 2.05) is 60.7 Å². The van der Waals surface area contributed by atoms with Crippen LogP contribution in [0.2, 0.25) is 0 Å². The van der Waals surface area contributed by atoms with Crippen LogP contribution >= 0.6 is 0 Å². The molecule has 0 unspecified atom stereocenters. The summed E-state index contributed by atoms with van der Waals surface area (Å²) in [5.41, 5.74) is 13.0. The van der Waals surface area contributed by atoms with Crippen LogP contribution in [0.4, 0.5) is 0 Å². The van der Waals surface area contributed by atoms with Crippen LogP contribution in [0.1, 0.15) is 25.0 Å². The topological polar surface area (TPSA) is 38.7 Å². The van der Waals surface area contributed by atoms with Gasteiger partial charge in [0.1, 0.15) is 0 Å². The average Bonchev–Trinajstić information content (AvgIpc) is 3.35. The highest BCUT2D eigenvalue weighted by Gasteiger charge is 2.37. The summed E-state index contributed by atoms with van der Waals surface area (Å²) in [6, 6.07) is 53.1. The molecule has 0 saturated carbocycles. The molecule has 0 atom stereocenters. The quantitative estimate of drug-likeness (QED) is 0.204.